The summed E-state index contributed by atoms with van der Waals surface area (Å²) in [5.74, 6) is 1.07. The molecule has 1 heterocycles. The SMILES string of the molecule is CCn1cnnc1CCNCC(C)(C)C. The molecule has 4 nitrogen and oxygen atoms in total. The molecule has 0 saturated carbocycles. The maximum Gasteiger partial charge on any atom is 0.134 e. The largest absolute Gasteiger partial charge is 0.318 e. The molecule has 0 aliphatic heterocycles. The van der Waals surface area contributed by atoms with Crippen molar-refractivity contribution in [1.29, 1.82) is 0 Å². The Kier molecular flexibility index (Phi) is 4.27. The highest BCUT2D eigenvalue weighted by molar-refractivity contribution is 4.86. The Labute approximate surface area is 92.1 Å². The summed E-state index contributed by atoms with van der Waals surface area (Å²) in [4.78, 5) is 0. The second kappa shape index (κ2) is 5.26. The van der Waals surface area contributed by atoms with E-state index >= 15 is 0 Å². The second-order valence-corrected chi connectivity index (χ2v) is 5.02. The molecule has 0 atom stereocenters. The lowest BCUT2D eigenvalue weighted by Crippen LogP contribution is -2.29. The van der Waals surface area contributed by atoms with E-state index in [1.54, 1.807) is 6.33 Å². The summed E-state index contributed by atoms with van der Waals surface area (Å²) < 4.78 is 2.08. The van der Waals surface area contributed by atoms with Crippen LogP contribution in [0.4, 0.5) is 0 Å². The van der Waals surface area contributed by atoms with Crippen molar-refractivity contribution in [2.24, 2.45) is 5.41 Å². The van der Waals surface area contributed by atoms with Crippen molar-refractivity contribution in [1.82, 2.24) is 20.1 Å². The molecule has 0 aliphatic carbocycles. The highest BCUT2D eigenvalue weighted by Gasteiger charge is 2.09. The predicted octanol–water partition coefficient (Wildman–Crippen LogP) is 1.48. The smallest absolute Gasteiger partial charge is 0.134 e. The van der Waals surface area contributed by atoms with Crippen molar-refractivity contribution in [3.05, 3.63) is 12.2 Å². The molecular formula is C11H22N4. The quantitative estimate of drug-likeness (QED) is 0.748. The van der Waals surface area contributed by atoms with E-state index in [1.165, 1.54) is 0 Å². The van der Waals surface area contributed by atoms with Crippen LogP contribution in [0.15, 0.2) is 6.33 Å². The van der Waals surface area contributed by atoms with Crippen LogP contribution in [0, 0.1) is 5.41 Å². The second-order valence-electron chi connectivity index (χ2n) is 5.02. The van der Waals surface area contributed by atoms with Crippen molar-refractivity contribution in [3.63, 3.8) is 0 Å². The first-order valence-corrected chi connectivity index (χ1v) is 5.60. The highest BCUT2D eigenvalue weighted by atomic mass is 15.3. The molecule has 0 spiro atoms. The Morgan fingerprint density at radius 2 is 2.13 bits per heavy atom. The summed E-state index contributed by atoms with van der Waals surface area (Å²) in [7, 11) is 0. The van der Waals surface area contributed by atoms with Crippen molar-refractivity contribution < 1.29 is 0 Å². The Bertz CT molecular complexity index is 285. The fourth-order valence-electron chi connectivity index (χ4n) is 1.40. The van der Waals surface area contributed by atoms with Gasteiger partial charge in [-0.25, -0.2) is 0 Å². The molecular weight excluding hydrogens is 188 g/mol. The molecule has 0 aliphatic rings. The van der Waals surface area contributed by atoms with Gasteiger partial charge in [-0.15, -0.1) is 10.2 Å². The molecule has 0 saturated heterocycles. The summed E-state index contributed by atoms with van der Waals surface area (Å²) >= 11 is 0. The number of nitrogens with zero attached hydrogens (tertiary/aromatic N) is 3. The molecule has 1 N–H and O–H groups in total. The molecule has 4 heteroatoms. The van der Waals surface area contributed by atoms with Gasteiger partial charge in [-0.3, -0.25) is 0 Å². The Morgan fingerprint density at radius 3 is 2.73 bits per heavy atom. The van der Waals surface area contributed by atoms with Gasteiger partial charge in [0.1, 0.15) is 12.2 Å². The van der Waals surface area contributed by atoms with E-state index in [1.807, 2.05) is 0 Å². The van der Waals surface area contributed by atoms with Crippen LogP contribution in [0.3, 0.4) is 0 Å². The van der Waals surface area contributed by atoms with E-state index < -0.39 is 0 Å². The lowest BCUT2D eigenvalue weighted by atomic mass is 9.97. The van der Waals surface area contributed by atoms with E-state index in [4.69, 9.17) is 0 Å². The maximum absolute atomic E-state index is 4.09. The summed E-state index contributed by atoms with van der Waals surface area (Å²) in [6.07, 6.45) is 2.74. The van der Waals surface area contributed by atoms with Gasteiger partial charge in [-0.2, -0.15) is 0 Å². The van der Waals surface area contributed by atoms with Crippen LogP contribution in [-0.4, -0.2) is 27.9 Å². The molecule has 1 aromatic rings. The highest BCUT2D eigenvalue weighted by Crippen LogP contribution is 2.09. The minimum absolute atomic E-state index is 0.346. The van der Waals surface area contributed by atoms with Crippen LogP contribution < -0.4 is 5.32 Å². The third kappa shape index (κ3) is 4.42. The zero-order valence-electron chi connectivity index (χ0n) is 10.2. The van der Waals surface area contributed by atoms with E-state index in [0.717, 1.165) is 31.9 Å². The van der Waals surface area contributed by atoms with Gasteiger partial charge in [0.05, 0.1) is 0 Å². The minimum Gasteiger partial charge on any atom is -0.318 e. The van der Waals surface area contributed by atoms with E-state index in [9.17, 15) is 0 Å². The molecule has 86 valence electrons. The van der Waals surface area contributed by atoms with Gasteiger partial charge in [0, 0.05) is 26.1 Å². The van der Waals surface area contributed by atoms with Crippen molar-refractivity contribution in [2.45, 2.75) is 40.7 Å². The molecule has 0 aromatic carbocycles. The maximum atomic E-state index is 4.09. The van der Waals surface area contributed by atoms with Gasteiger partial charge in [0.25, 0.3) is 0 Å². The van der Waals surface area contributed by atoms with Gasteiger partial charge in [0.15, 0.2) is 0 Å². The van der Waals surface area contributed by atoms with Crippen molar-refractivity contribution in [3.8, 4) is 0 Å². The van der Waals surface area contributed by atoms with Crippen molar-refractivity contribution in [2.75, 3.05) is 13.1 Å². The first-order chi connectivity index (χ1) is 7.03. The van der Waals surface area contributed by atoms with E-state index in [2.05, 4.69) is 47.8 Å². The summed E-state index contributed by atoms with van der Waals surface area (Å²) in [6, 6.07) is 0. The molecule has 0 amide bonds. The number of hydrogen-bond acceptors (Lipinski definition) is 3. The van der Waals surface area contributed by atoms with Gasteiger partial charge in [-0.1, -0.05) is 20.8 Å². The topological polar surface area (TPSA) is 42.7 Å². The predicted molar refractivity (Wildman–Crippen MR) is 61.7 cm³/mol. The average Bonchev–Trinajstić information content (AvgIpc) is 2.58. The minimum atomic E-state index is 0.346. The van der Waals surface area contributed by atoms with Crippen molar-refractivity contribution >= 4 is 0 Å². The van der Waals surface area contributed by atoms with Gasteiger partial charge in [-0.05, 0) is 12.3 Å². The average molecular weight is 210 g/mol. The van der Waals surface area contributed by atoms with Crippen LogP contribution in [-0.2, 0) is 13.0 Å². The number of aryl methyl sites for hydroxylation is 1. The lowest BCUT2D eigenvalue weighted by molar-refractivity contribution is 0.380. The molecule has 0 unspecified atom stereocenters. The van der Waals surface area contributed by atoms with Crippen LogP contribution in [0.25, 0.3) is 0 Å². The number of aromatic nitrogens is 3. The number of rotatable bonds is 5. The van der Waals surface area contributed by atoms with Crippen LogP contribution >= 0.6 is 0 Å². The Balaban J connectivity index is 2.26. The fraction of sp³-hybridized carbons (Fsp3) is 0.818. The Hall–Kier alpha value is -0.900. The number of nitrogens with one attached hydrogen (secondary N) is 1. The summed E-state index contributed by atoms with van der Waals surface area (Å²) in [5, 5.41) is 11.4. The van der Waals surface area contributed by atoms with E-state index in [-0.39, 0.29) is 0 Å². The first kappa shape index (κ1) is 12.2. The third-order valence-electron chi connectivity index (χ3n) is 2.22. The number of hydrogen-bond donors (Lipinski definition) is 1. The van der Waals surface area contributed by atoms with Crippen LogP contribution in [0.2, 0.25) is 0 Å². The van der Waals surface area contributed by atoms with Gasteiger partial charge in [0.2, 0.25) is 0 Å². The third-order valence-corrected chi connectivity index (χ3v) is 2.22. The normalized spacial score (nSPS) is 12.0. The molecule has 0 bridgehead atoms. The fourth-order valence-corrected chi connectivity index (χ4v) is 1.40. The monoisotopic (exact) mass is 210 g/mol. The van der Waals surface area contributed by atoms with Crippen LogP contribution in [0.5, 0.6) is 0 Å². The van der Waals surface area contributed by atoms with Crippen LogP contribution in [0.1, 0.15) is 33.5 Å². The lowest BCUT2D eigenvalue weighted by Gasteiger charge is -2.18. The zero-order valence-corrected chi connectivity index (χ0v) is 10.2. The zero-order chi connectivity index (χ0) is 11.3. The van der Waals surface area contributed by atoms with Gasteiger partial charge < -0.3 is 9.88 Å². The Morgan fingerprint density at radius 1 is 1.40 bits per heavy atom. The molecule has 0 fully saturated rings. The molecule has 1 rings (SSSR count). The summed E-state index contributed by atoms with van der Waals surface area (Å²) in [5.41, 5.74) is 0.346. The van der Waals surface area contributed by atoms with Gasteiger partial charge >= 0.3 is 0 Å². The first-order valence-electron chi connectivity index (χ1n) is 5.60. The van der Waals surface area contributed by atoms with E-state index in [0.29, 0.717) is 5.41 Å². The summed E-state index contributed by atoms with van der Waals surface area (Å²) in [6.45, 7) is 11.7. The molecule has 0 radical (unpaired) electrons. The molecule has 1 aromatic heterocycles. The molecule has 15 heavy (non-hydrogen) atoms. The standard InChI is InChI=1S/C11H22N4/c1-5-15-9-13-14-10(15)6-7-12-8-11(2,3)4/h9,12H,5-8H2,1-4H3.